The molecule has 0 atom stereocenters. The van der Waals surface area contributed by atoms with Gasteiger partial charge in [0, 0.05) is 5.02 Å². The lowest BCUT2D eigenvalue weighted by molar-refractivity contribution is 0.295. The summed E-state index contributed by atoms with van der Waals surface area (Å²) in [6.45, 7) is 4.55. The minimum absolute atomic E-state index is 0.413. The summed E-state index contributed by atoms with van der Waals surface area (Å²) in [7, 11) is 0. The van der Waals surface area contributed by atoms with Gasteiger partial charge in [0.2, 0.25) is 0 Å². The van der Waals surface area contributed by atoms with Crippen molar-refractivity contribution < 1.29 is 4.74 Å². The van der Waals surface area contributed by atoms with Gasteiger partial charge in [0.25, 0.3) is 0 Å². The maximum atomic E-state index is 5.96. The van der Waals surface area contributed by atoms with E-state index in [9.17, 15) is 0 Å². The predicted octanol–water partition coefficient (Wildman–Crippen LogP) is 4.41. The van der Waals surface area contributed by atoms with Crippen molar-refractivity contribution in [3.8, 4) is 5.75 Å². The fourth-order valence-corrected chi connectivity index (χ4v) is 2.30. The normalized spacial score (nSPS) is 10.9. The highest BCUT2D eigenvalue weighted by molar-refractivity contribution is 6.31. The number of rotatable bonds is 3. The van der Waals surface area contributed by atoms with Gasteiger partial charge in [0.1, 0.15) is 18.2 Å². The molecule has 0 spiro atoms. The molecule has 1 N–H and O–H groups in total. The van der Waals surface area contributed by atoms with E-state index < -0.39 is 0 Å². The molecule has 3 rings (SSSR count). The molecule has 0 fully saturated rings. The summed E-state index contributed by atoms with van der Waals surface area (Å²) < 4.78 is 5.84. The van der Waals surface area contributed by atoms with Crippen molar-refractivity contribution in [1.29, 1.82) is 0 Å². The van der Waals surface area contributed by atoms with Crippen molar-refractivity contribution in [2.75, 3.05) is 0 Å². The molecule has 2 aromatic carbocycles. The number of halogens is 1. The minimum Gasteiger partial charge on any atom is -0.485 e. The number of H-pyrrole nitrogens is 1. The number of nitrogens with zero attached hydrogens (tertiary/aromatic N) is 1. The average Bonchev–Trinajstić information content (AvgIpc) is 2.82. The van der Waals surface area contributed by atoms with Crippen molar-refractivity contribution >= 4 is 22.6 Å². The Morgan fingerprint density at radius 3 is 2.90 bits per heavy atom. The van der Waals surface area contributed by atoms with Crippen molar-refractivity contribution in [3.63, 3.8) is 0 Å². The molecule has 0 saturated carbocycles. The van der Waals surface area contributed by atoms with Gasteiger partial charge in [-0.2, -0.15) is 0 Å². The first-order valence-electron chi connectivity index (χ1n) is 6.46. The molecule has 3 nitrogen and oxygen atoms in total. The maximum Gasteiger partial charge on any atom is 0.146 e. The molecule has 1 aromatic heterocycles. The van der Waals surface area contributed by atoms with E-state index >= 15 is 0 Å². The van der Waals surface area contributed by atoms with Crippen LogP contribution in [0.4, 0.5) is 0 Å². The number of imidazole rings is 1. The summed E-state index contributed by atoms with van der Waals surface area (Å²) in [4.78, 5) is 7.70. The highest BCUT2D eigenvalue weighted by Crippen LogP contribution is 2.22. The van der Waals surface area contributed by atoms with E-state index in [1.807, 2.05) is 30.3 Å². The van der Waals surface area contributed by atoms with E-state index in [0.717, 1.165) is 28.2 Å². The minimum atomic E-state index is 0.413. The van der Waals surface area contributed by atoms with Crippen molar-refractivity contribution in [1.82, 2.24) is 9.97 Å². The summed E-state index contributed by atoms with van der Waals surface area (Å²) in [5.41, 5.74) is 4.21. The van der Waals surface area contributed by atoms with E-state index in [1.165, 1.54) is 5.56 Å². The van der Waals surface area contributed by atoms with Crippen molar-refractivity contribution in [3.05, 3.63) is 58.4 Å². The Balaban J connectivity index is 1.81. The van der Waals surface area contributed by atoms with Crippen molar-refractivity contribution in [2.45, 2.75) is 20.5 Å². The SMILES string of the molecule is Cc1cccc(OCc2nc3ccc(Cl)cc3[nH]2)c1C. The van der Waals surface area contributed by atoms with Crippen LogP contribution in [0.2, 0.25) is 5.02 Å². The topological polar surface area (TPSA) is 37.9 Å². The average molecular weight is 287 g/mol. The van der Waals surface area contributed by atoms with Crippen LogP contribution in [-0.2, 0) is 6.61 Å². The standard InChI is InChI=1S/C16H15ClN2O/c1-10-4-3-5-15(11(10)2)20-9-16-18-13-7-6-12(17)8-14(13)19-16/h3-8H,9H2,1-2H3,(H,18,19). The third-order valence-corrected chi connectivity index (χ3v) is 3.65. The van der Waals surface area contributed by atoms with E-state index in [2.05, 4.69) is 29.9 Å². The van der Waals surface area contributed by atoms with Gasteiger partial charge in [-0.15, -0.1) is 0 Å². The second-order valence-electron chi connectivity index (χ2n) is 4.83. The van der Waals surface area contributed by atoms with Crippen LogP contribution in [0.15, 0.2) is 36.4 Å². The molecule has 3 aromatic rings. The summed E-state index contributed by atoms with van der Waals surface area (Å²) in [5.74, 6) is 1.69. The third kappa shape index (κ3) is 2.49. The highest BCUT2D eigenvalue weighted by Gasteiger charge is 2.06. The molecule has 20 heavy (non-hydrogen) atoms. The molecule has 0 aliphatic carbocycles. The Morgan fingerprint density at radius 2 is 2.05 bits per heavy atom. The second kappa shape index (κ2) is 5.17. The Kier molecular flexibility index (Phi) is 3.36. The van der Waals surface area contributed by atoms with Crippen LogP contribution < -0.4 is 4.74 Å². The quantitative estimate of drug-likeness (QED) is 0.774. The Morgan fingerprint density at radius 1 is 1.20 bits per heavy atom. The first kappa shape index (κ1) is 13.0. The van der Waals surface area contributed by atoms with E-state index in [0.29, 0.717) is 11.6 Å². The molecular formula is C16H15ClN2O. The molecule has 0 radical (unpaired) electrons. The lowest BCUT2D eigenvalue weighted by atomic mass is 10.1. The van der Waals surface area contributed by atoms with Crippen LogP contribution in [0.25, 0.3) is 11.0 Å². The molecule has 0 amide bonds. The van der Waals surface area contributed by atoms with E-state index in [-0.39, 0.29) is 0 Å². The number of aromatic nitrogens is 2. The smallest absolute Gasteiger partial charge is 0.146 e. The van der Waals surface area contributed by atoms with Crippen LogP contribution in [0.1, 0.15) is 17.0 Å². The lowest BCUT2D eigenvalue weighted by Gasteiger charge is -2.09. The molecule has 4 heteroatoms. The number of nitrogens with one attached hydrogen (secondary N) is 1. The van der Waals surface area contributed by atoms with Gasteiger partial charge < -0.3 is 9.72 Å². The third-order valence-electron chi connectivity index (χ3n) is 3.41. The number of aryl methyl sites for hydroxylation is 1. The van der Waals surface area contributed by atoms with Gasteiger partial charge in [-0.05, 0) is 49.2 Å². The van der Waals surface area contributed by atoms with Crippen LogP contribution in [0.5, 0.6) is 5.75 Å². The molecule has 0 aliphatic rings. The van der Waals surface area contributed by atoms with Crippen LogP contribution >= 0.6 is 11.6 Å². The molecule has 0 aliphatic heterocycles. The van der Waals surface area contributed by atoms with Gasteiger partial charge in [0.15, 0.2) is 0 Å². The van der Waals surface area contributed by atoms with Gasteiger partial charge in [-0.25, -0.2) is 4.98 Å². The summed E-state index contributed by atoms with van der Waals surface area (Å²) in [6, 6.07) is 11.6. The Bertz CT molecular complexity index is 764. The molecule has 1 heterocycles. The molecule has 102 valence electrons. The summed E-state index contributed by atoms with van der Waals surface area (Å²) in [6.07, 6.45) is 0. The first-order chi connectivity index (χ1) is 9.63. The number of hydrogen-bond donors (Lipinski definition) is 1. The monoisotopic (exact) mass is 286 g/mol. The largest absolute Gasteiger partial charge is 0.485 e. The van der Waals surface area contributed by atoms with Gasteiger partial charge >= 0.3 is 0 Å². The zero-order valence-corrected chi connectivity index (χ0v) is 12.2. The number of aromatic amines is 1. The van der Waals surface area contributed by atoms with E-state index in [1.54, 1.807) is 0 Å². The van der Waals surface area contributed by atoms with Crippen LogP contribution in [-0.4, -0.2) is 9.97 Å². The Labute approximate surface area is 122 Å². The fraction of sp³-hybridized carbons (Fsp3) is 0.188. The summed E-state index contributed by atoms with van der Waals surface area (Å²) >= 11 is 5.96. The molecule has 0 bridgehead atoms. The fourth-order valence-electron chi connectivity index (χ4n) is 2.13. The zero-order valence-electron chi connectivity index (χ0n) is 11.4. The summed E-state index contributed by atoms with van der Waals surface area (Å²) in [5, 5.41) is 0.697. The van der Waals surface area contributed by atoms with Crippen LogP contribution in [0.3, 0.4) is 0 Å². The van der Waals surface area contributed by atoms with E-state index in [4.69, 9.17) is 16.3 Å². The second-order valence-corrected chi connectivity index (χ2v) is 5.27. The molecule has 0 unspecified atom stereocenters. The van der Waals surface area contributed by atoms with Crippen molar-refractivity contribution in [2.24, 2.45) is 0 Å². The maximum absolute atomic E-state index is 5.96. The number of fused-ring (bicyclic) bond motifs is 1. The molecular weight excluding hydrogens is 272 g/mol. The number of benzene rings is 2. The van der Waals surface area contributed by atoms with Gasteiger partial charge in [0.05, 0.1) is 11.0 Å². The first-order valence-corrected chi connectivity index (χ1v) is 6.84. The van der Waals surface area contributed by atoms with Crippen LogP contribution in [0, 0.1) is 13.8 Å². The highest BCUT2D eigenvalue weighted by atomic mass is 35.5. The molecule has 0 saturated heterocycles. The van der Waals surface area contributed by atoms with Gasteiger partial charge in [-0.1, -0.05) is 23.7 Å². The zero-order chi connectivity index (χ0) is 14.1. The lowest BCUT2D eigenvalue weighted by Crippen LogP contribution is -1.99. The predicted molar refractivity (Wildman–Crippen MR) is 81.4 cm³/mol. The number of ether oxygens (including phenoxy) is 1. The van der Waals surface area contributed by atoms with Gasteiger partial charge in [-0.3, -0.25) is 0 Å². The number of hydrogen-bond acceptors (Lipinski definition) is 2. The Hall–Kier alpha value is -2.00.